The summed E-state index contributed by atoms with van der Waals surface area (Å²) in [5, 5.41) is 4.10. The lowest BCUT2D eigenvalue weighted by atomic mass is 9.96. The Labute approximate surface area is 157 Å². The van der Waals surface area contributed by atoms with Crippen molar-refractivity contribution in [2.75, 3.05) is 13.1 Å². The molecule has 24 heavy (non-hydrogen) atoms. The van der Waals surface area contributed by atoms with E-state index in [1.54, 1.807) is 6.20 Å². The largest absolute Gasteiger partial charge is 0.316 e. The summed E-state index contributed by atoms with van der Waals surface area (Å²) in [5.41, 5.74) is 3.64. The lowest BCUT2D eigenvalue weighted by Gasteiger charge is -2.22. The maximum Gasteiger partial charge on any atom is 0.137 e. The zero-order chi connectivity index (χ0) is 14.9. The summed E-state index contributed by atoms with van der Waals surface area (Å²) in [6.07, 6.45) is 9.67. The molecule has 5 nitrogen and oxygen atoms in total. The summed E-state index contributed by atoms with van der Waals surface area (Å²) in [6.45, 7) is 2.06. The number of halogens is 3. The van der Waals surface area contributed by atoms with Crippen LogP contribution in [0.15, 0.2) is 36.9 Å². The maximum atomic E-state index is 6.10. The van der Waals surface area contributed by atoms with Crippen molar-refractivity contribution < 1.29 is 0 Å². The fourth-order valence-electron chi connectivity index (χ4n) is 2.95. The van der Waals surface area contributed by atoms with Gasteiger partial charge in [-0.25, -0.2) is 9.97 Å². The van der Waals surface area contributed by atoms with Gasteiger partial charge in [-0.2, -0.15) is 0 Å². The summed E-state index contributed by atoms with van der Waals surface area (Å²) in [4.78, 5) is 13.6. The monoisotopic (exact) mass is 385 g/mol. The second-order valence-corrected chi connectivity index (χ2v) is 6.03. The van der Waals surface area contributed by atoms with E-state index in [9.17, 15) is 0 Å². The molecule has 0 aliphatic carbocycles. The van der Waals surface area contributed by atoms with Crippen LogP contribution in [0.5, 0.6) is 0 Å². The number of aromatic nitrogens is 4. The number of piperidine rings is 1. The fraction of sp³-hybridized carbons (Fsp3) is 0.312. The summed E-state index contributed by atoms with van der Waals surface area (Å²) in [6, 6.07) is 3.73. The van der Waals surface area contributed by atoms with Crippen molar-refractivity contribution >= 4 is 42.1 Å². The van der Waals surface area contributed by atoms with Crippen molar-refractivity contribution in [1.29, 1.82) is 0 Å². The molecule has 3 aromatic rings. The molecule has 1 atom stereocenters. The minimum absolute atomic E-state index is 0. The second kappa shape index (κ2) is 8.12. The van der Waals surface area contributed by atoms with Gasteiger partial charge in [0.1, 0.15) is 11.3 Å². The number of rotatable bonds is 2. The SMILES string of the molecule is Cl.Cl.Clc1ccc2ncc(-c3cncc(C4CCCNC4)n3)n2c1. The molecule has 1 aliphatic rings. The molecule has 0 aromatic carbocycles. The Hall–Kier alpha value is -1.40. The topological polar surface area (TPSA) is 55.1 Å². The zero-order valence-electron chi connectivity index (χ0n) is 12.9. The van der Waals surface area contributed by atoms with Gasteiger partial charge in [-0.1, -0.05) is 11.6 Å². The number of nitrogens with zero attached hydrogens (tertiary/aromatic N) is 4. The predicted molar refractivity (Wildman–Crippen MR) is 101 cm³/mol. The van der Waals surface area contributed by atoms with E-state index in [1.807, 2.05) is 35.1 Å². The van der Waals surface area contributed by atoms with Gasteiger partial charge in [0.2, 0.25) is 0 Å². The van der Waals surface area contributed by atoms with Crippen molar-refractivity contribution in [3.05, 3.63) is 47.6 Å². The van der Waals surface area contributed by atoms with E-state index >= 15 is 0 Å². The van der Waals surface area contributed by atoms with Crippen molar-refractivity contribution in [3.63, 3.8) is 0 Å². The van der Waals surface area contributed by atoms with Gasteiger partial charge >= 0.3 is 0 Å². The van der Waals surface area contributed by atoms with Crippen LogP contribution < -0.4 is 5.32 Å². The van der Waals surface area contributed by atoms with Gasteiger partial charge in [0.15, 0.2) is 0 Å². The molecule has 1 aliphatic heterocycles. The molecule has 1 N–H and O–H groups in total. The first-order chi connectivity index (χ1) is 10.8. The van der Waals surface area contributed by atoms with E-state index < -0.39 is 0 Å². The van der Waals surface area contributed by atoms with Crippen LogP contribution in [0.3, 0.4) is 0 Å². The Morgan fingerprint density at radius 3 is 2.83 bits per heavy atom. The average molecular weight is 387 g/mol. The second-order valence-electron chi connectivity index (χ2n) is 5.59. The van der Waals surface area contributed by atoms with E-state index in [0.29, 0.717) is 10.9 Å². The van der Waals surface area contributed by atoms with Gasteiger partial charge in [-0.3, -0.25) is 9.38 Å². The van der Waals surface area contributed by atoms with Crippen LogP contribution in [-0.2, 0) is 0 Å². The molecule has 8 heteroatoms. The molecule has 0 amide bonds. The van der Waals surface area contributed by atoms with Gasteiger partial charge < -0.3 is 5.32 Å². The van der Waals surface area contributed by atoms with Crippen LogP contribution in [0.2, 0.25) is 5.02 Å². The van der Waals surface area contributed by atoms with Crippen LogP contribution in [-0.4, -0.2) is 32.4 Å². The molecule has 0 saturated carbocycles. The lowest BCUT2D eigenvalue weighted by molar-refractivity contribution is 0.454. The van der Waals surface area contributed by atoms with Crippen molar-refractivity contribution in [1.82, 2.24) is 24.7 Å². The van der Waals surface area contributed by atoms with Gasteiger partial charge in [0.05, 0.1) is 28.8 Å². The van der Waals surface area contributed by atoms with Gasteiger partial charge in [0.25, 0.3) is 0 Å². The van der Waals surface area contributed by atoms with Gasteiger partial charge in [0, 0.05) is 24.9 Å². The molecule has 1 fully saturated rings. The fourth-order valence-corrected chi connectivity index (χ4v) is 3.11. The van der Waals surface area contributed by atoms with E-state index in [-0.39, 0.29) is 24.8 Å². The minimum Gasteiger partial charge on any atom is -0.316 e. The Kier molecular flexibility index (Phi) is 6.40. The average Bonchev–Trinajstić information content (AvgIpc) is 2.99. The smallest absolute Gasteiger partial charge is 0.137 e. The Morgan fingerprint density at radius 1 is 1.17 bits per heavy atom. The highest BCUT2D eigenvalue weighted by atomic mass is 35.5. The number of imidazole rings is 1. The third kappa shape index (κ3) is 3.64. The first-order valence-corrected chi connectivity index (χ1v) is 7.85. The molecule has 128 valence electrons. The molecule has 4 rings (SSSR count). The third-order valence-electron chi connectivity index (χ3n) is 4.10. The highest BCUT2D eigenvalue weighted by molar-refractivity contribution is 6.30. The third-order valence-corrected chi connectivity index (χ3v) is 4.32. The molecule has 1 saturated heterocycles. The van der Waals surface area contributed by atoms with Gasteiger partial charge in [-0.15, -0.1) is 24.8 Å². The molecule has 0 bridgehead atoms. The summed E-state index contributed by atoms with van der Waals surface area (Å²) in [7, 11) is 0. The van der Waals surface area contributed by atoms with Crippen molar-refractivity contribution in [2.45, 2.75) is 18.8 Å². The van der Waals surface area contributed by atoms with Crippen LogP contribution >= 0.6 is 36.4 Å². The Morgan fingerprint density at radius 2 is 2.04 bits per heavy atom. The number of hydrogen-bond acceptors (Lipinski definition) is 4. The van der Waals surface area contributed by atoms with Crippen molar-refractivity contribution in [3.8, 4) is 11.4 Å². The van der Waals surface area contributed by atoms with E-state index in [2.05, 4.69) is 15.3 Å². The molecular formula is C16H18Cl3N5. The Balaban J connectivity index is 0.00000104. The quantitative estimate of drug-likeness (QED) is 0.728. The number of hydrogen-bond donors (Lipinski definition) is 1. The normalized spacial score (nSPS) is 17.1. The standard InChI is InChI=1S/C16H16ClN5.2ClH/c17-12-3-4-16-20-9-15(22(16)10-12)14-8-19-7-13(21-14)11-2-1-5-18-6-11;;/h3-4,7-11,18H,1-2,5-6H2;2*1H. The molecule has 3 aromatic heterocycles. The molecule has 1 unspecified atom stereocenters. The van der Waals surface area contributed by atoms with Crippen molar-refractivity contribution in [2.24, 2.45) is 0 Å². The zero-order valence-corrected chi connectivity index (χ0v) is 15.2. The first kappa shape index (κ1) is 18.9. The predicted octanol–water partition coefficient (Wildman–Crippen LogP) is 3.76. The minimum atomic E-state index is 0. The highest BCUT2D eigenvalue weighted by Gasteiger charge is 2.18. The number of pyridine rings is 1. The van der Waals surface area contributed by atoms with Crippen LogP contribution in [0.4, 0.5) is 0 Å². The van der Waals surface area contributed by atoms with Crippen LogP contribution in [0.1, 0.15) is 24.5 Å². The maximum absolute atomic E-state index is 6.10. The highest BCUT2D eigenvalue weighted by Crippen LogP contribution is 2.25. The first-order valence-electron chi connectivity index (χ1n) is 7.47. The molecular weight excluding hydrogens is 369 g/mol. The van der Waals surface area contributed by atoms with E-state index in [0.717, 1.165) is 42.2 Å². The van der Waals surface area contributed by atoms with Crippen LogP contribution in [0, 0.1) is 0 Å². The van der Waals surface area contributed by atoms with E-state index in [4.69, 9.17) is 16.6 Å². The summed E-state index contributed by atoms with van der Waals surface area (Å²) >= 11 is 6.10. The van der Waals surface area contributed by atoms with Crippen LogP contribution in [0.25, 0.3) is 17.0 Å². The number of fused-ring (bicyclic) bond motifs is 1. The summed E-state index contributed by atoms with van der Waals surface area (Å²) < 4.78 is 1.95. The molecule has 0 spiro atoms. The molecule has 0 radical (unpaired) electrons. The lowest BCUT2D eigenvalue weighted by Crippen LogP contribution is -2.28. The summed E-state index contributed by atoms with van der Waals surface area (Å²) in [5.74, 6) is 0.434. The Bertz CT molecular complexity index is 814. The van der Waals surface area contributed by atoms with E-state index in [1.165, 1.54) is 6.42 Å². The molecule has 4 heterocycles. The number of nitrogens with one attached hydrogen (secondary N) is 1. The van der Waals surface area contributed by atoms with Gasteiger partial charge in [-0.05, 0) is 31.5 Å².